The summed E-state index contributed by atoms with van der Waals surface area (Å²) in [5.74, 6) is -0.795. The molecule has 24 heavy (non-hydrogen) atoms. The summed E-state index contributed by atoms with van der Waals surface area (Å²) in [6.45, 7) is 0.118. The lowest BCUT2D eigenvalue weighted by Gasteiger charge is -2.11. The van der Waals surface area contributed by atoms with Crippen LogP contribution >= 0.6 is 27.3 Å². The fraction of sp³-hybridized carbons (Fsp3) is 0.133. The first kappa shape index (κ1) is 16.6. The Kier molecular flexibility index (Phi) is 4.63. The van der Waals surface area contributed by atoms with E-state index in [0.29, 0.717) is 0 Å². The average Bonchev–Trinajstić information content (AvgIpc) is 2.93. The predicted molar refractivity (Wildman–Crippen MR) is 91.3 cm³/mol. The summed E-state index contributed by atoms with van der Waals surface area (Å²) in [6, 6.07) is 7.61. The van der Waals surface area contributed by atoms with Crippen molar-refractivity contribution in [2.45, 2.75) is 6.61 Å². The zero-order valence-electron chi connectivity index (χ0n) is 12.3. The molecule has 0 unspecified atom stereocenters. The second kappa shape index (κ2) is 6.70. The van der Waals surface area contributed by atoms with Crippen molar-refractivity contribution in [2.24, 2.45) is 0 Å². The first-order chi connectivity index (χ1) is 11.5. The summed E-state index contributed by atoms with van der Waals surface area (Å²) < 4.78 is 26.0. The Morgan fingerprint density at radius 1 is 1.38 bits per heavy atom. The molecule has 0 N–H and O–H groups in total. The molecule has 0 aliphatic rings. The number of hydrogen-bond acceptors (Lipinski definition) is 6. The highest BCUT2D eigenvalue weighted by molar-refractivity contribution is 9.11. The van der Waals surface area contributed by atoms with Gasteiger partial charge < -0.3 is 9.47 Å². The van der Waals surface area contributed by atoms with Crippen LogP contribution in [0.5, 0.6) is 11.5 Å². The SMILES string of the molecule is COc1cc(F)c([N+](=O)[O-])cc1OCc1cccc2sc(Br)nc12. The van der Waals surface area contributed by atoms with Gasteiger partial charge in [-0.25, -0.2) is 4.98 Å². The smallest absolute Gasteiger partial charge is 0.308 e. The third-order valence-corrected chi connectivity index (χ3v) is 4.76. The second-order valence-corrected chi connectivity index (χ2v) is 7.04. The molecule has 0 aliphatic carbocycles. The fourth-order valence-electron chi connectivity index (χ4n) is 2.19. The third kappa shape index (κ3) is 3.17. The maximum atomic E-state index is 13.7. The van der Waals surface area contributed by atoms with Crippen LogP contribution in [0.3, 0.4) is 0 Å². The number of nitro benzene ring substituents is 1. The van der Waals surface area contributed by atoms with E-state index in [1.807, 2.05) is 18.2 Å². The minimum absolute atomic E-state index is 0.0877. The first-order valence-electron chi connectivity index (χ1n) is 6.68. The van der Waals surface area contributed by atoms with Crippen LogP contribution in [0.1, 0.15) is 5.56 Å². The second-order valence-electron chi connectivity index (χ2n) is 4.73. The molecule has 3 rings (SSSR count). The van der Waals surface area contributed by atoms with E-state index in [4.69, 9.17) is 9.47 Å². The first-order valence-corrected chi connectivity index (χ1v) is 8.29. The molecule has 6 nitrogen and oxygen atoms in total. The third-order valence-electron chi connectivity index (χ3n) is 3.29. The van der Waals surface area contributed by atoms with Gasteiger partial charge in [-0.3, -0.25) is 10.1 Å². The van der Waals surface area contributed by atoms with Crippen molar-refractivity contribution < 1.29 is 18.8 Å². The quantitative estimate of drug-likeness (QED) is 0.448. The van der Waals surface area contributed by atoms with Crippen LogP contribution in [0.15, 0.2) is 34.2 Å². The van der Waals surface area contributed by atoms with E-state index < -0.39 is 16.4 Å². The Morgan fingerprint density at radius 3 is 2.88 bits per heavy atom. The molecule has 9 heteroatoms. The van der Waals surface area contributed by atoms with Crippen molar-refractivity contribution in [3.8, 4) is 11.5 Å². The van der Waals surface area contributed by atoms with Gasteiger partial charge in [-0.1, -0.05) is 12.1 Å². The summed E-state index contributed by atoms with van der Waals surface area (Å²) in [5, 5.41) is 10.9. The van der Waals surface area contributed by atoms with Gasteiger partial charge in [0, 0.05) is 11.6 Å². The molecule has 0 fully saturated rings. The Morgan fingerprint density at radius 2 is 2.17 bits per heavy atom. The Labute approximate surface area is 148 Å². The predicted octanol–water partition coefficient (Wildman–Crippen LogP) is 4.69. The van der Waals surface area contributed by atoms with Crippen molar-refractivity contribution in [2.75, 3.05) is 7.11 Å². The molecule has 0 bridgehead atoms. The van der Waals surface area contributed by atoms with Crippen molar-refractivity contribution in [1.82, 2.24) is 4.98 Å². The summed E-state index contributed by atoms with van der Waals surface area (Å²) in [6.07, 6.45) is 0. The molecule has 0 amide bonds. The highest BCUT2D eigenvalue weighted by atomic mass is 79.9. The van der Waals surface area contributed by atoms with Crippen LogP contribution < -0.4 is 9.47 Å². The minimum Gasteiger partial charge on any atom is -0.493 e. The van der Waals surface area contributed by atoms with E-state index in [1.54, 1.807) is 0 Å². The number of ether oxygens (including phenoxy) is 2. The van der Waals surface area contributed by atoms with Gasteiger partial charge in [0.2, 0.25) is 5.82 Å². The number of nitrogens with zero attached hydrogens (tertiary/aromatic N) is 2. The van der Waals surface area contributed by atoms with Crippen LogP contribution in [0.25, 0.3) is 10.2 Å². The van der Waals surface area contributed by atoms with E-state index in [-0.39, 0.29) is 18.1 Å². The van der Waals surface area contributed by atoms with Gasteiger partial charge in [0.25, 0.3) is 0 Å². The molecule has 0 spiro atoms. The fourth-order valence-corrected chi connectivity index (χ4v) is 3.63. The molecule has 1 aromatic heterocycles. The lowest BCUT2D eigenvalue weighted by molar-refractivity contribution is -0.387. The Bertz CT molecular complexity index is 931. The minimum atomic E-state index is -0.977. The normalized spacial score (nSPS) is 10.8. The number of fused-ring (bicyclic) bond motifs is 1. The van der Waals surface area contributed by atoms with Crippen LogP contribution in [-0.4, -0.2) is 17.0 Å². The van der Waals surface area contributed by atoms with E-state index >= 15 is 0 Å². The number of hydrogen-bond donors (Lipinski definition) is 0. The molecule has 124 valence electrons. The lowest BCUT2D eigenvalue weighted by Crippen LogP contribution is -2.01. The van der Waals surface area contributed by atoms with Crippen molar-refractivity contribution in [3.05, 3.63) is 55.7 Å². The van der Waals surface area contributed by atoms with Gasteiger partial charge in [0.05, 0.1) is 28.3 Å². The van der Waals surface area contributed by atoms with Crippen molar-refractivity contribution in [3.63, 3.8) is 0 Å². The largest absolute Gasteiger partial charge is 0.493 e. The van der Waals surface area contributed by atoms with Gasteiger partial charge >= 0.3 is 5.69 Å². The number of aromatic nitrogens is 1. The number of nitro groups is 1. The molecule has 2 aromatic carbocycles. The van der Waals surface area contributed by atoms with Crippen LogP contribution in [0.2, 0.25) is 0 Å². The molecule has 0 radical (unpaired) electrons. The van der Waals surface area contributed by atoms with Crippen LogP contribution in [-0.2, 0) is 6.61 Å². The summed E-state index contributed by atoms with van der Waals surface area (Å²) >= 11 is 4.83. The van der Waals surface area contributed by atoms with Gasteiger partial charge in [0.1, 0.15) is 6.61 Å². The molecular weight excluding hydrogens is 403 g/mol. The monoisotopic (exact) mass is 412 g/mol. The van der Waals surface area contributed by atoms with Gasteiger partial charge in [-0.05, 0) is 22.0 Å². The van der Waals surface area contributed by atoms with Crippen LogP contribution in [0, 0.1) is 15.9 Å². The van der Waals surface area contributed by atoms with E-state index in [0.717, 1.165) is 31.8 Å². The number of methoxy groups -OCH3 is 1. The lowest BCUT2D eigenvalue weighted by atomic mass is 10.2. The number of benzene rings is 2. The Balaban J connectivity index is 1.93. The number of thiazole rings is 1. The molecule has 0 atom stereocenters. The highest BCUT2D eigenvalue weighted by Crippen LogP contribution is 2.35. The van der Waals surface area contributed by atoms with Crippen LogP contribution in [0.4, 0.5) is 10.1 Å². The molecule has 0 saturated heterocycles. The maximum Gasteiger partial charge on any atom is 0.308 e. The van der Waals surface area contributed by atoms with Gasteiger partial charge in [-0.2, -0.15) is 4.39 Å². The topological polar surface area (TPSA) is 74.5 Å². The zero-order chi connectivity index (χ0) is 17.3. The average molecular weight is 413 g/mol. The molecule has 0 aliphatic heterocycles. The molecule has 0 saturated carbocycles. The van der Waals surface area contributed by atoms with E-state index in [9.17, 15) is 14.5 Å². The van der Waals surface area contributed by atoms with Crippen molar-refractivity contribution in [1.29, 1.82) is 0 Å². The highest BCUT2D eigenvalue weighted by Gasteiger charge is 2.20. The van der Waals surface area contributed by atoms with Crippen molar-refractivity contribution >= 4 is 43.2 Å². The standard InChI is InChI=1S/C15H10BrFN2O4S/c1-22-11-5-9(17)10(19(20)21)6-12(11)23-7-8-3-2-4-13-14(8)18-15(16)24-13/h2-6H,7H2,1H3. The maximum absolute atomic E-state index is 13.7. The van der Waals surface area contributed by atoms with E-state index in [2.05, 4.69) is 20.9 Å². The zero-order valence-corrected chi connectivity index (χ0v) is 14.7. The Hall–Kier alpha value is -2.26. The summed E-state index contributed by atoms with van der Waals surface area (Å²) in [4.78, 5) is 14.5. The number of halogens is 2. The molecule has 3 aromatic rings. The molecular formula is C15H10BrFN2O4S. The van der Waals surface area contributed by atoms with Gasteiger partial charge in [0.15, 0.2) is 15.4 Å². The summed E-state index contributed by atoms with van der Waals surface area (Å²) in [5.41, 5.74) is 0.925. The summed E-state index contributed by atoms with van der Waals surface area (Å²) in [7, 11) is 1.34. The van der Waals surface area contributed by atoms with Gasteiger partial charge in [-0.15, -0.1) is 11.3 Å². The number of rotatable bonds is 5. The van der Waals surface area contributed by atoms with E-state index in [1.165, 1.54) is 18.4 Å². The number of para-hydroxylation sites is 1. The molecule has 1 heterocycles.